The third kappa shape index (κ3) is 2.01. The lowest BCUT2D eigenvalue weighted by atomic mass is 10.2. The predicted molar refractivity (Wildman–Crippen MR) is 61.8 cm³/mol. The minimum absolute atomic E-state index is 0.111. The van der Waals surface area contributed by atoms with E-state index in [2.05, 4.69) is 10.3 Å². The molecule has 1 amide bonds. The van der Waals surface area contributed by atoms with Crippen LogP contribution in [0.2, 0.25) is 0 Å². The number of anilines is 1. The molecule has 2 rings (SSSR count). The molecule has 1 N–H and O–H groups in total. The fourth-order valence-corrected chi connectivity index (χ4v) is 1.74. The van der Waals surface area contributed by atoms with Gasteiger partial charge in [-0.3, -0.25) is 14.9 Å². The van der Waals surface area contributed by atoms with Crippen LogP contribution < -0.4 is 10.9 Å². The second-order valence-corrected chi connectivity index (χ2v) is 4.02. The fraction of sp³-hybridized carbons (Fsp3) is 0.100. The molecule has 0 bridgehead atoms. The predicted octanol–water partition coefficient (Wildman–Crippen LogP) is 1.09. The Morgan fingerprint density at radius 1 is 1.56 bits per heavy atom. The van der Waals surface area contributed by atoms with Gasteiger partial charge in [0.25, 0.3) is 11.5 Å². The maximum absolute atomic E-state index is 11.7. The van der Waals surface area contributed by atoms with Crippen LogP contribution in [-0.4, -0.2) is 15.5 Å². The first-order valence-electron chi connectivity index (χ1n) is 4.55. The summed E-state index contributed by atoms with van der Waals surface area (Å²) in [7, 11) is 1.60. The summed E-state index contributed by atoms with van der Waals surface area (Å²) in [6, 6.07) is 3.14. The van der Waals surface area contributed by atoms with Crippen molar-refractivity contribution in [3.8, 4) is 0 Å². The van der Waals surface area contributed by atoms with Gasteiger partial charge < -0.3 is 4.57 Å². The van der Waals surface area contributed by atoms with Gasteiger partial charge in [0, 0.05) is 24.8 Å². The van der Waals surface area contributed by atoms with Crippen LogP contribution in [0.3, 0.4) is 0 Å². The summed E-state index contributed by atoms with van der Waals surface area (Å²) in [4.78, 5) is 27.3. The Kier molecular flexibility index (Phi) is 2.82. The van der Waals surface area contributed by atoms with E-state index in [-0.39, 0.29) is 11.1 Å². The van der Waals surface area contributed by atoms with Gasteiger partial charge in [0.1, 0.15) is 5.56 Å². The zero-order chi connectivity index (χ0) is 11.5. The number of nitrogens with one attached hydrogen (secondary N) is 1. The molecule has 2 heterocycles. The quantitative estimate of drug-likeness (QED) is 0.847. The largest absolute Gasteiger partial charge is 0.318 e. The Hall–Kier alpha value is -1.95. The summed E-state index contributed by atoms with van der Waals surface area (Å²) < 4.78 is 1.36. The SMILES string of the molecule is Cn1cccc(C(=O)Nc2nccs2)c1=O. The number of aryl methyl sites for hydroxylation is 1. The molecule has 0 atom stereocenters. The molecule has 6 heteroatoms. The molecule has 2 aromatic heterocycles. The lowest BCUT2D eigenvalue weighted by molar-refractivity contribution is 0.102. The number of hydrogen-bond donors (Lipinski definition) is 1. The van der Waals surface area contributed by atoms with Gasteiger partial charge in [-0.2, -0.15) is 0 Å². The van der Waals surface area contributed by atoms with E-state index in [0.717, 1.165) is 0 Å². The number of thiazole rings is 1. The smallest absolute Gasteiger partial charge is 0.263 e. The van der Waals surface area contributed by atoms with Crippen molar-refractivity contribution in [3.05, 3.63) is 45.8 Å². The molecule has 0 unspecified atom stereocenters. The van der Waals surface area contributed by atoms with Crippen molar-refractivity contribution < 1.29 is 4.79 Å². The van der Waals surface area contributed by atoms with Crippen LogP contribution in [0.25, 0.3) is 0 Å². The van der Waals surface area contributed by atoms with E-state index in [1.54, 1.807) is 30.9 Å². The molecule has 5 nitrogen and oxygen atoms in total. The average molecular weight is 235 g/mol. The molecule has 0 spiro atoms. The Balaban J connectivity index is 2.28. The van der Waals surface area contributed by atoms with Crippen LogP contribution in [0.4, 0.5) is 5.13 Å². The first-order valence-corrected chi connectivity index (χ1v) is 5.43. The van der Waals surface area contributed by atoms with Crippen molar-refractivity contribution in [3.63, 3.8) is 0 Å². The maximum Gasteiger partial charge on any atom is 0.263 e. The van der Waals surface area contributed by atoms with Gasteiger partial charge in [-0.1, -0.05) is 0 Å². The first kappa shape index (κ1) is 10.6. The van der Waals surface area contributed by atoms with Crippen molar-refractivity contribution in [1.82, 2.24) is 9.55 Å². The molecule has 0 aliphatic carbocycles. The second kappa shape index (κ2) is 4.28. The van der Waals surface area contributed by atoms with Crippen LogP contribution in [0.15, 0.2) is 34.7 Å². The summed E-state index contributed by atoms with van der Waals surface area (Å²) >= 11 is 1.30. The highest BCUT2D eigenvalue weighted by molar-refractivity contribution is 7.13. The van der Waals surface area contributed by atoms with E-state index in [0.29, 0.717) is 5.13 Å². The van der Waals surface area contributed by atoms with Crippen molar-refractivity contribution in [1.29, 1.82) is 0 Å². The summed E-state index contributed by atoms with van der Waals surface area (Å²) in [6.07, 6.45) is 3.19. The van der Waals surface area contributed by atoms with E-state index in [1.807, 2.05) is 0 Å². The number of rotatable bonds is 2. The Bertz CT molecular complexity index is 560. The van der Waals surface area contributed by atoms with Crippen molar-refractivity contribution in [2.75, 3.05) is 5.32 Å². The van der Waals surface area contributed by atoms with Crippen molar-refractivity contribution in [2.45, 2.75) is 0 Å². The normalized spacial score (nSPS) is 10.1. The van der Waals surface area contributed by atoms with Gasteiger partial charge in [0.2, 0.25) is 0 Å². The summed E-state index contributed by atoms with van der Waals surface area (Å²) in [5.74, 6) is -0.434. The molecule has 2 aromatic rings. The van der Waals surface area contributed by atoms with Crippen LogP contribution >= 0.6 is 11.3 Å². The third-order valence-corrected chi connectivity index (χ3v) is 2.71. The molecular weight excluding hydrogens is 226 g/mol. The first-order chi connectivity index (χ1) is 7.68. The number of amides is 1. The minimum Gasteiger partial charge on any atom is -0.318 e. The monoisotopic (exact) mass is 235 g/mol. The molecule has 0 saturated carbocycles. The van der Waals surface area contributed by atoms with Gasteiger partial charge in [0.15, 0.2) is 5.13 Å². The molecular formula is C10H9N3O2S. The average Bonchev–Trinajstić information content (AvgIpc) is 2.74. The zero-order valence-electron chi connectivity index (χ0n) is 8.51. The lowest BCUT2D eigenvalue weighted by Crippen LogP contribution is -2.26. The van der Waals surface area contributed by atoms with E-state index in [9.17, 15) is 9.59 Å². The van der Waals surface area contributed by atoms with Gasteiger partial charge in [-0.25, -0.2) is 4.98 Å². The van der Waals surface area contributed by atoms with E-state index in [1.165, 1.54) is 22.0 Å². The van der Waals surface area contributed by atoms with Crippen LogP contribution in [0.5, 0.6) is 0 Å². The lowest BCUT2D eigenvalue weighted by Gasteiger charge is -2.02. The highest BCUT2D eigenvalue weighted by Crippen LogP contribution is 2.10. The molecule has 0 saturated heterocycles. The van der Waals surface area contributed by atoms with E-state index >= 15 is 0 Å². The number of nitrogens with zero attached hydrogens (tertiary/aromatic N) is 2. The molecule has 0 radical (unpaired) electrons. The molecule has 0 aromatic carbocycles. The highest BCUT2D eigenvalue weighted by atomic mass is 32.1. The van der Waals surface area contributed by atoms with Gasteiger partial charge in [0.05, 0.1) is 0 Å². The number of carbonyl (C=O) groups is 1. The minimum atomic E-state index is -0.434. The van der Waals surface area contributed by atoms with Crippen molar-refractivity contribution >= 4 is 22.4 Å². The Morgan fingerprint density at radius 3 is 3.06 bits per heavy atom. The van der Waals surface area contributed by atoms with Crippen LogP contribution in [0, 0.1) is 0 Å². The number of hydrogen-bond acceptors (Lipinski definition) is 4. The van der Waals surface area contributed by atoms with Gasteiger partial charge in [-0.05, 0) is 12.1 Å². The maximum atomic E-state index is 11.7. The Labute approximate surface area is 95.4 Å². The molecule has 16 heavy (non-hydrogen) atoms. The van der Waals surface area contributed by atoms with Gasteiger partial charge in [-0.15, -0.1) is 11.3 Å². The summed E-state index contributed by atoms with van der Waals surface area (Å²) in [5.41, 5.74) is -0.211. The molecule has 0 fully saturated rings. The number of pyridine rings is 1. The summed E-state index contributed by atoms with van der Waals surface area (Å²) in [6.45, 7) is 0. The zero-order valence-corrected chi connectivity index (χ0v) is 9.32. The number of aromatic nitrogens is 2. The number of carbonyl (C=O) groups excluding carboxylic acids is 1. The topological polar surface area (TPSA) is 64.0 Å². The molecule has 0 aliphatic heterocycles. The summed E-state index contributed by atoms with van der Waals surface area (Å²) in [5, 5.41) is 4.79. The van der Waals surface area contributed by atoms with Crippen LogP contribution in [-0.2, 0) is 7.05 Å². The highest BCUT2D eigenvalue weighted by Gasteiger charge is 2.11. The van der Waals surface area contributed by atoms with Crippen molar-refractivity contribution in [2.24, 2.45) is 7.05 Å². The van der Waals surface area contributed by atoms with Crippen LogP contribution in [0.1, 0.15) is 10.4 Å². The Morgan fingerprint density at radius 2 is 2.38 bits per heavy atom. The molecule has 82 valence electrons. The van der Waals surface area contributed by atoms with E-state index in [4.69, 9.17) is 0 Å². The second-order valence-electron chi connectivity index (χ2n) is 3.13. The van der Waals surface area contributed by atoms with E-state index < -0.39 is 5.91 Å². The standard InChI is InChI=1S/C10H9N3O2S/c1-13-5-2-3-7(9(13)15)8(14)12-10-11-4-6-16-10/h2-6H,1H3,(H,11,12,14). The molecule has 0 aliphatic rings. The fourth-order valence-electron chi connectivity index (χ4n) is 1.22. The third-order valence-electron chi connectivity index (χ3n) is 2.02. The van der Waals surface area contributed by atoms with Gasteiger partial charge >= 0.3 is 0 Å².